The third-order valence-electron chi connectivity index (χ3n) is 9.40. The first-order chi connectivity index (χ1) is 21.4. The Morgan fingerprint density at radius 3 is 2.34 bits per heavy atom. The Bertz CT molecular complexity index is 1720. The van der Waals surface area contributed by atoms with Crippen LogP contribution >= 0.6 is 12.2 Å². The minimum absolute atomic E-state index is 0.0336. The van der Waals surface area contributed by atoms with Gasteiger partial charge in [0.15, 0.2) is 5.82 Å². The molecule has 2 atom stereocenters. The van der Waals surface area contributed by atoms with E-state index in [4.69, 9.17) is 21.7 Å². The molecule has 8 nitrogen and oxygen atoms in total. The van der Waals surface area contributed by atoms with Crippen LogP contribution in [-0.4, -0.2) is 42.7 Å². The zero-order chi connectivity index (χ0) is 30.6. The fourth-order valence-electron chi connectivity index (χ4n) is 6.98. The summed E-state index contributed by atoms with van der Waals surface area (Å²) in [5.41, 5.74) is 5.37. The normalized spacial score (nSPS) is 18.0. The summed E-state index contributed by atoms with van der Waals surface area (Å²) in [6.07, 6.45) is 9.22. The third-order valence-corrected chi connectivity index (χ3v) is 9.80. The van der Waals surface area contributed by atoms with Crippen molar-refractivity contribution in [3.63, 3.8) is 0 Å². The topological polar surface area (TPSA) is 97.0 Å². The second-order valence-electron chi connectivity index (χ2n) is 12.3. The summed E-state index contributed by atoms with van der Waals surface area (Å²) in [5.74, 6) is 2.14. The van der Waals surface area contributed by atoms with Gasteiger partial charge in [-0.05, 0) is 54.2 Å². The zero-order valence-corrected chi connectivity index (χ0v) is 26.5. The van der Waals surface area contributed by atoms with Crippen LogP contribution in [-0.2, 0) is 25.8 Å². The van der Waals surface area contributed by atoms with Crippen LogP contribution in [0.25, 0.3) is 22.5 Å². The molecule has 44 heavy (non-hydrogen) atoms. The van der Waals surface area contributed by atoms with E-state index in [9.17, 15) is 9.59 Å². The van der Waals surface area contributed by atoms with Gasteiger partial charge in [0, 0.05) is 37.1 Å². The van der Waals surface area contributed by atoms with Crippen LogP contribution in [0.1, 0.15) is 75.0 Å². The average Bonchev–Trinajstić information content (AvgIpc) is 3.69. The Morgan fingerprint density at radius 2 is 1.70 bits per heavy atom. The van der Waals surface area contributed by atoms with Gasteiger partial charge in [-0.1, -0.05) is 99.0 Å². The van der Waals surface area contributed by atoms with Crippen molar-refractivity contribution in [1.82, 2.24) is 24.6 Å². The average molecular weight is 612 g/mol. The lowest BCUT2D eigenvalue weighted by atomic mass is 9.82. The molecule has 4 aromatic rings. The van der Waals surface area contributed by atoms with Crippen molar-refractivity contribution in [3.05, 3.63) is 92.1 Å². The number of H-pyrrole nitrogens is 1. The van der Waals surface area contributed by atoms with Gasteiger partial charge >= 0.3 is 5.76 Å². The van der Waals surface area contributed by atoms with Crippen LogP contribution in [0, 0.1) is 11.8 Å². The van der Waals surface area contributed by atoms with E-state index in [1.807, 2.05) is 41.0 Å². The predicted octanol–water partition coefficient (Wildman–Crippen LogP) is 6.20. The molecule has 3 heterocycles. The molecule has 0 bridgehead atoms. The largest absolute Gasteiger partial charge is 0.439 e. The van der Waals surface area contributed by atoms with Crippen molar-refractivity contribution in [1.29, 1.82) is 0 Å². The number of nitrogens with zero attached hydrogens (tertiary/aromatic N) is 4. The van der Waals surface area contributed by atoms with Crippen molar-refractivity contribution in [2.24, 2.45) is 11.8 Å². The number of fused-ring (bicyclic) bond motifs is 1. The Kier molecular flexibility index (Phi) is 9.21. The summed E-state index contributed by atoms with van der Waals surface area (Å²) in [4.78, 5) is 36.8. The van der Waals surface area contributed by atoms with Gasteiger partial charge in [0.05, 0.1) is 17.2 Å². The minimum atomic E-state index is -0.587. The van der Waals surface area contributed by atoms with Crippen LogP contribution in [0.4, 0.5) is 0 Å². The van der Waals surface area contributed by atoms with Crippen molar-refractivity contribution < 1.29 is 4.52 Å². The maximum atomic E-state index is 14.2. The smallest absolute Gasteiger partial charge is 0.365 e. The second kappa shape index (κ2) is 13.4. The molecular formula is C35H41N5O3S. The van der Waals surface area contributed by atoms with Gasteiger partial charge in [-0.2, -0.15) is 0 Å². The summed E-state index contributed by atoms with van der Waals surface area (Å²) in [5, 5.41) is 3.88. The summed E-state index contributed by atoms with van der Waals surface area (Å²) in [7, 11) is 0. The first-order valence-corrected chi connectivity index (χ1v) is 16.5. The Labute approximate surface area is 263 Å². The van der Waals surface area contributed by atoms with Crippen LogP contribution in [0.5, 0.6) is 0 Å². The zero-order valence-electron chi connectivity index (χ0n) is 25.7. The van der Waals surface area contributed by atoms with Gasteiger partial charge in [0.25, 0.3) is 5.56 Å². The number of hydrogen-bond acceptors (Lipinski definition) is 6. The highest BCUT2D eigenvalue weighted by atomic mass is 32.1. The van der Waals surface area contributed by atoms with Gasteiger partial charge in [-0.25, -0.2) is 9.78 Å². The van der Waals surface area contributed by atoms with Crippen molar-refractivity contribution in [2.75, 3.05) is 13.1 Å². The molecule has 1 aliphatic heterocycles. The van der Waals surface area contributed by atoms with Gasteiger partial charge in [0.1, 0.15) is 5.82 Å². The van der Waals surface area contributed by atoms with E-state index in [0.29, 0.717) is 25.2 Å². The van der Waals surface area contributed by atoms with Crippen molar-refractivity contribution in [2.45, 2.75) is 78.2 Å². The first-order valence-electron chi connectivity index (χ1n) is 16.1. The number of aromatic amines is 1. The number of thiocarbonyl (C=S) groups is 1. The molecule has 2 fully saturated rings. The SMILES string of the molecule is CCCCc1nc(CC)c(CC(=S)N2CC3CCCCC3C2)c(=O)n1Cc1ccc(-c2ccccc2-c2noc(=O)[nH]2)cc1. The second-order valence-corrected chi connectivity index (χ2v) is 12.7. The molecule has 1 saturated carbocycles. The van der Waals surface area contributed by atoms with Crippen LogP contribution in [0.15, 0.2) is 62.6 Å². The molecule has 0 amide bonds. The van der Waals surface area contributed by atoms with E-state index in [1.54, 1.807) is 0 Å². The summed E-state index contributed by atoms with van der Waals surface area (Å²) in [6, 6.07) is 15.9. The quantitative estimate of drug-likeness (QED) is 0.213. The standard InChI is InChI=1S/C35H41N5O3S/c1-3-5-14-31-36-30(4-2)29(19-32(44)39-21-25-10-6-7-11-26(25)22-39)34(41)40(31)20-23-15-17-24(18-16-23)27-12-8-9-13-28(27)33-37-35(42)43-38-33/h8-9,12-13,15-18,25-26H,3-7,10-11,14,19-22H2,1-2H3,(H,37,38,42). The number of nitrogens with one attached hydrogen (secondary N) is 1. The number of benzene rings is 2. The van der Waals surface area contributed by atoms with E-state index in [2.05, 4.69) is 41.0 Å². The van der Waals surface area contributed by atoms with Crippen molar-refractivity contribution in [3.8, 4) is 22.5 Å². The molecule has 0 radical (unpaired) electrons. The Hall–Kier alpha value is -3.85. The lowest BCUT2D eigenvalue weighted by molar-refractivity contribution is 0.299. The molecule has 6 rings (SSSR count). The first kappa shape index (κ1) is 30.2. The Morgan fingerprint density at radius 1 is 1.00 bits per heavy atom. The molecule has 2 aromatic heterocycles. The molecule has 1 N–H and O–H groups in total. The molecule has 1 saturated heterocycles. The highest BCUT2D eigenvalue weighted by Crippen LogP contribution is 2.36. The minimum Gasteiger partial charge on any atom is -0.365 e. The van der Waals surface area contributed by atoms with Gasteiger partial charge in [-0.3, -0.25) is 18.9 Å². The molecule has 2 aromatic carbocycles. The molecule has 2 unspecified atom stereocenters. The van der Waals surface area contributed by atoms with E-state index in [0.717, 1.165) is 88.5 Å². The number of rotatable bonds is 10. The number of likely N-dealkylation sites (tertiary alicyclic amines) is 1. The predicted molar refractivity (Wildman–Crippen MR) is 177 cm³/mol. The number of hydrogen-bond donors (Lipinski definition) is 1. The Balaban J connectivity index is 1.28. The molecule has 9 heteroatoms. The van der Waals surface area contributed by atoms with Crippen LogP contribution in [0.2, 0.25) is 0 Å². The highest BCUT2D eigenvalue weighted by Gasteiger charge is 2.35. The van der Waals surface area contributed by atoms with E-state index < -0.39 is 5.76 Å². The van der Waals surface area contributed by atoms with E-state index in [1.165, 1.54) is 25.7 Å². The van der Waals surface area contributed by atoms with Gasteiger partial charge < -0.3 is 4.90 Å². The van der Waals surface area contributed by atoms with Crippen LogP contribution < -0.4 is 11.3 Å². The molecule has 2 aliphatic rings. The fourth-order valence-corrected chi connectivity index (χ4v) is 7.27. The maximum absolute atomic E-state index is 14.2. The van der Waals surface area contributed by atoms with Crippen LogP contribution in [0.3, 0.4) is 0 Å². The number of unbranched alkanes of at least 4 members (excludes halogenated alkanes) is 1. The molecule has 0 spiro atoms. The lowest BCUT2D eigenvalue weighted by Crippen LogP contribution is -2.35. The third kappa shape index (κ3) is 6.34. The summed E-state index contributed by atoms with van der Waals surface area (Å²) < 4.78 is 6.61. The highest BCUT2D eigenvalue weighted by molar-refractivity contribution is 7.80. The molecule has 230 valence electrons. The summed E-state index contributed by atoms with van der Waals surface area (Å²) in [6.45, 7) is 6.75. The molecular weight excluding hydrogens is 570 g/mol. The monoisotopic (exact) mass is 611 g/mol. The van der Waals surface area contributed by atoms with Crippen molar-refractivity contribution >= 4 is 17.2 Å². The maximum Gasteiger partial charge on any atom is 0.439 e. The summed E-state index contributed by atoms with van der Waals surface area (Å²) >= 11 is 5.99. The number of aromatic nitrogens is 4. The van der Waals surface area contributed by atoms with Gasteiger partial charge in [0.2, 0.25) is 0 Å². The van der Waals surface area contributed by atoms with Gasteiger partial charge in [-0.15, -0.1) is 0 Å². The molecule has 1 aliphatic carbocycles. The number of aryl methyl sites for hydroxylation is 2. The van der Waals surface area contributed by atoms with E-state index in [-0.39, 0.29) is 5.56 Å². The van der Waals surface area contributed by atoms with E-state index >= 15 is 0 Å². The lowest BCUT2D eigenvalue weighted by Gasteiger charge is -2.22. The fraction of sp³-hybridized carbons (Fsp3) is 0.457.